The molecule has 0 saturated carbocycles. The number of halogens is 2. The average Bonchev–Trinajstić information content (AvgIpc) is 2.91. The van der Waals surface area contributed by atoms with Crippen molar-refractivity contribution >= 4 is 35.2 Å². The molecule has 1 amide bonds. The van der Waals surface area contributed by atoms with E-state index < -0.39 is 5.91 Å². The second-order valence-corrected chi connectivity index (χ2v) is 6.58. The van der Waals surface area contributed by atoms with Gasteiger partial charge in [-0.15, -0.1) is 0 Å². The van der Waals surface area contributed by atoms with E-state index in [1.807, 2.05) is 24.3 Å². The zero-order chi connectivity index (χ0) is 19.8. The van der Waals surface area contributed by atoms with Crippen molar-refractivity contribution in [2.75, 3.05) is 20.3 Å². The first-order valence-electron chi connectivity index (χ1n) is 8.33. The Morgan fingerprint density at radius 2 is 2.15 bits per heavy atom. The predicted molar refractivity (Wildman–Crippen MR) is 106 cm³/mol. The molecule has 27 heavy (non-hydrogen) atoms. The number of carbonyl (C=O) groups excluding carboxylic acids is 1. The van der Waals surface area contributed by atoms with Crippen LogP contribution in [-0.2, 0) is 16.1 Å². The summed E-state index contributed by atoms with van der Waals surface area (Å²) in [6.45, 7) is 3.11. The number of nitrogens with zero attached hydrogens (tertiary/aromatic N) is 3. The van der Waals surface area contributed by atoms with E-state index in [0.717, 1.165) is 5.56 Å². The topological polar surface area (TPSA) is 79.9 Å². The third-order valence-corrected chi connectivity index (χ3v) is 4.62. The lowest BCUT2D eigenvalue weighted by molar-refractivity contribution is -0.117. The normalized spacial score (nSPS) is 11.3. The first-order valence-corrected chi connectivity index (χ1v) is 9.08. The molecule has 0 bridgehead atoms. The minimum atomic E-state index is -0.456. The molecule has 2 aromatic rings. The molecular weight excluding hydrogens is 387 g/mol. The quantitative estimate of drug-likeness (QED) is 0.412. The van der Waals surface area contributed by atoms with Crippen LogP contribution in [0, 0.1) is 18.3 Å². The van der Waals surface area contributed by atoms with Crippen LogP contribution in [0.4, 0.5) is 0 Å². The largest absolute Gasteiger partial charge is 0.385 e. The molecule has 0 aliphatic rings. The lowest BCUT2D eigenvalue weighted by atomic mass is 10.1. The van der Waals surface area contributed by atoms with Crippen LogP contribution in [-0.4, -0.2) is 35.9 Å². The van der Waals surface area contributed by atoms with Gasteiger partial charge >= 0.3 is 0 Å². The second kappa shape index (κ2) is 10.1. The van der Waals surface area contributed by atoms with E-state index in [4.69, 9.17) is 27.9 Å². The molecule has 1 aromatic carbocycles. The number of aryl methyl sites for hydroxylation is 1. The fourth-order valence-electron chi connectivity index (χ4n) is 2.43. The van der Waals surface area contributed by atoms with Crippen LogP contribution in [0.1, 0.15) is 23.2 Å². The molecule has 1 aromatic heterocycles. The van der Waals surface area contributed by atoms with Gasteiger partial charge in [-0.1, -0.05) is 41.4 Å². The van der Waals surface area contributed by atoms with Gasteiger partial charge in [0.25, 0.3) is 5.91 Å². The summed E-state index contributed by atoms with van der Waals surface area (Å²) >= 11 is 12.6. The lowest BCUT2D eigenvalue weighted by Gasteiger charge is -2.06. The van der Waals surface area contributed by atoms with Crippen LogP contribution in [0.2, 0.25) is 10.2 Å². The number of amides is 1. The summed E-state index contributed by atoms with van der Waals surface area (Å²) in [4.78, 5) is 12.2. The lowest BCUT2D eigenvalue weighted by Crippen LogP contribution is -2.26. The molecule has 6 nitrogen and oxygen atoms in total. The minimum Gasteiger partial charge on any atom is -0.385 e. The van der Waals surface area contributed by atoms with Gasteiger partial charge < -0.3 is 10.1 Å². The number of rotatable bonds is 8. The third-order valence-electron chi connectivity index (χ3n) is 3.85. The summed E-state index contributed by atoms with van der Waals surface area (Å²) in [5.74, 6) is -0.456. The first kappa shape index (κ1) is 21.0. The molecule has 8 heteroatoms. The van der Waals surface area contributed by atoms with Gasteiger partial charge in [0, 0.05) is 30.8 Å². The Hall–Kier alpha value is -2.33. The van der Waals surface area contributed by atoms with E-state index in [1.165, 1.54) is 6.08 Å². The Labute approximate surface area is 168 Å². The molecule has 0 atom stereocenters. The molecule has 0 fully saturated rings. The zero-order valence-electron chi connectivity index (χ0n) is 15.1. The highest BCUT2D eigenvalue weighted by atomic mass is 35.5. The fraction of sp³-hybridized carbons (Fsp3) is 0.316. The molecule has 0 spiro atoms. The number of benzene rings is 1. The standard InChI is InChI=1S/C19H20Cl2N4O2/c1-13-16(10-15(11-22)19(26)23-8-5-9-27-2)18(21)25(24-13)12-14-6-3-4-7-17(14)20/h3-4,6-7,10H,5,8-9,12H2,1-2H3,(H,23,26)/b15-10+. The summed E-state index contributed by atoms with van der Waals surface area (Å²) in [6.07, 6.45) is 2.12. The maximum absolute atomic E-state index is 12.2. The average molecular weight is 407 g/mol. The molecule has 1 heterocycles. The summed E-state index contributed by atoms with van der Waals surface area (Å²) in [6, 6.07) is 9.33. The van der Waals surface area contributed by atoms with Gasteiger partial charge in [-0.2, -0.15) is 10.4 Å². The molecule has 2 rings (SSSR count). The van der Waals surface area contributed by atoms with Gasteiger partial charge in [0.2, 0.25) is 0 Å². The molecule has 0 saturated heterocycles. The van der Waals surface area contributed by atoms with Crippen molar-refractivity contribution in [3.05, 3.63) is 56.8 Å². The van der Waals surface area contributed by atoms with Crippen molar-refractivity contribution in [2.24, 2.45) is 0 Å². The highest BCUT2D eigenvalue weighted by Gasteiger charge is 2.16. The first-order chi connectivity index (χ1) is 13.0. The Bertz CT molecular complexity index is 884. The molecular formula is C19H20Cl2N4O2. The van der Waals surface area contributed by atoms with Crippen LogP contribution in [0.5, 0.6) is 0 Å². The second-order valence-electron chi connectivity index (χ2n) is 5.81. The number of hydrogen-bond acceptors (Lipinski definition) is 4. The molecule has 0 radical (unpaired) electrons. The number of methoxy groups -OCH3 is 1. The van der Waals surface area contributed by atoms with Crippen molar-refractivity contribution in [1.29, 1.82) is 5.26 Å². The highest BCUT2D eigenvalue weighted by Crippen LogP contribution is 2.25. The van der Waals surface area contributed by atoms with Gasteiger partial charge in [-0.3, -0.25) is 4.79 Å². The minimum absolute atomic E-state index is 0.0327. The van der Waals surface area contributed by atoms with Crippen molar-refractivity contribution < 1.29 is 9.53 Å². The predicted octanol–water partition coefficient (Wildman–Crippen LogP) is 3.61. The van der Waals surface area contributed by atoms with Crippen LogP contribution in [0.15, 0.2) is 29.8 Å². The van der Waals surface area contributed by atoms with Crippen LogP contribution in [0.3, 0.4) is 0 Å². The summed E-state index contributed by atoms with van der Waals surface area (Å²) in [5.41, 5.74) is 1.99. The van der Waals surface area contributed by atoms with Gasteiger partial charge in [0.05, 0.1) is 12.2 Å². The highest BCUT2D eigenvalue weighted by molar-refractivity contribution is 6.32. The number of aromatic nitrogens is 2. The van der Waals surface area contributed by atoms with Crippen LogP contribution < -0.4 is 5.32 Å². The molecule has 0 aliphatic heterocycles. The Kier molecular flexibility index (Phi) is 7.86. The van der Waals surface area contributed by atoms with Gasteiger partial charge in [0.15, 0.2) is 0 Å². The van der Waals surface area contributed by atoms with E-state index in [9.17, 15) is 10.1 Å². The molecule has 0 aliphatic carbocycles. The maximum Gasteiger partial charge on any atom is 0.261 e. The smallest absolute Gasteiger partial charge is 0.261 e. The van der Waals surface area contributed by atoms with Crippen molar-refractivity contribution in [3.8, 4) is 6.07 Å². The van der Waals surface area contributed by atoms with Crippen molar-refractivity contribution in [2.45, 2.75) is 19.9 Å². The van der Waals surface area contributed by atoms with E-state index in [0.29, 0.717) is 47.6 Å². The van der Waals surface area contributed by atoms with E-state index in [1.54, 1.807) is 24.8 Å². The van der Waals surface area contributed by atoms with Crippen molar-refractivity contribution in [1.82, 2.24) is 15.1 Å². The van der Waals surface area contributed by atoms with Crippen molar-refractivity contribution in [3.63, 3.8) is 0 Å². The zero-order valence-corrected chi connectivity index (χ0v) is 16.6. The Morgan fingerprint density at radius 1 is 1.41 bits per heavy atom. The Balaban J connectivity index is 2.21. The summed E-state index contributed by atoms with van der Waals surface area (Å²) in [7, 11) is 1.59. The summed E-state index contributed by atoms with van der Waals surface area (Å²) in [5, 5.41) is 17.4. The summed E-state index contributed by atoms with van der Waals surface area (Å²) < 4.78 is 6.52. The third kappa shape index (κ3) is 5.57. The Morgan fingerprint density at radius 3 is 2.81 bits per heavy atom. The van der Waals surface area contributed by atoms with E-state index >= 15 is 0 Å². The molecule has 1 N–H and O–H groups in total. The fourth-order valence-corrected chi connectivity index (χ4v) is 2.91. The van der Waals surface area contributed by atoms with Gasteiger partial charge in [-0.05, 0) is 31.1 Å². The van der Waals surface area contributed by atoms with Crippen LogP contribution in [0.25, 0.3) is 6.08 Å². The van der Waals surface area contributed by atoms with E-state index in [-0.39, 0.29) is 5.57 Å². The number of carbonyl (C=O) groups is 1. The SMILES string of the molecule is COCCCNC(=O)/C(C#N)=C/c1c(C)nn(Cc2ccccc2Cl)c1Cl. The number of ether oxygens (including phenoxy) is 1. The molecule has 0 unspecified atom stereocenters. The number of nitrogens with one attached hydrogen (secondary N) is 1. The molecule has 142 valence electrons. The van der Waals surface area contributed by atoms with Gasteiger partial charge in [0.1, 0.15) is 16.8 Å². The maximum atomic E-state index is 12.2. The van der Waals surface area contributed by atoms with E-state index in [2.05, 4.69) is 10.4 Å². The number of hydrogen-bond donors (Lipinski definition) is 1. The van der Waals surface area contributed by atoms with Crippen LogP contribution >= 0.6 is 23.2 Å². The monoisotopic (exact) mass is 406 g/mol. The van der Waals surface area contributed by atoms with Gasteiger partial charge in [-0.25, -0.2) is 4.68 Å². The number of nitriles is 1.